The Labute approximate surface area is 98.4 Å². The smallest absolute Gasteiger partial charge is 0.166 e. The molecule has 6 nitrogen and oxygen atoms in total. The number of anilines is 1. The van der Waals surface area contributed by atoms with Gasteiger partial charge in [0, 0.05) is 6.04 Å². The minimum Gasteiger partial charge on any atom is -0.382 e. The lowest BCUT2D eigenvalue weighted by Crippen LogP contribution is -2.29. The third kappa shape index (κ3) is 1.41. The Morgan fingerprint density at radius 1 is 1.41 bits per heavy atom. The minimum atomic E-state index is -0.186. The van der Waals surface area contributed by atoms with Gasteiger partial charge in [-0.15, -0.1) is 0 Å². The molecule has 0 bridgehead atoms. The number of imidazole rings is 1. The summed E-state index contributed by atoms with van der Waals surface area (Å²) in [5, 5.41) is 0. The molecule has 17 heavy (non-hydrogen) atoms. The molecule has 4 N–H and O–H groups in total. The van der Waals surface area contributed by atoms with Gasteiger partial charge < -0.3 is 16.0 Å². The van der Waals surface area contributed by atoms with Gasteiger partial charge in [-0.1, -0.05) is 12.2 Å². The van der Waals surface area contributed by atoms with Gasteiger partial charge in [0.05, 0.1) is 11.9 Å². The zero-order chi connectivity index (χ0) is 12.0. The molecule has 1 unspecified atom stereocenters. The SMILES string of the molecule is CC1(n2cnc3c(N)ncnc32)C=C[C@H](N)C1. The molecule has 6 heteroatoms. The number of rotatable bonds is 1. The van der Waals surface area contributed by atoms with Crippen LogP contribution in [0.25, 0.3) is 11.2 Å². The number of hydrogen-bond donors (Lipinski definition) is 2. The summed E-state index contributed by atoms with van der Waals surface area (Å²) in [7, 11) is 0. The van der Waals surface area contributed by atoms with E-state index >= 15 is 0 Å². The highest BCUT2D eigenvalue weighted by molar-refractivity contribution is 5.81. The molecule has 0 aromatic carbocycles. The van der Waals surface area contributed by atoms with E-state index in [1.54, 1.807) is 6.33 Å². The van der Waals surface area contributed by atoms with Gasteiger partial charge in [0.1, 0.15) is 11.8 Å². The summed E-state index contributed by atoms with van der Waals surface area (Å²) >= 11 is 0. The average Bonchev–Trinajstić information content (AvgIpc) is 2.84. The van der Waals surface area contributed by atoms with Crippen LogP contribution in [0, 0.1) is 0 Å². The van der Waals surface area contributed by atoms with Gasteiger partial charge >= 0.3 is 0 Å². The average molecular weight is 230 g/mol. The molecular weight excluding hydrogens is 216 g/mol. The van der Waals surface area contributed by atoms with E-state index in [1.165, 1.54) is 6.33 Å². The number of nitrogens with two attached hydrogens (primary N) is 2. The quantitative estimate of drug-likeness (QED) is 0.692. The largest absolute Gasteiger partial charge is 0.382 e. The second-order valence-corrected chi connectivity index (χ2v) is 4.63. The lowest BCUT2D eigenvalue weighted by Gasteiger charge is -2.25. The molecule has 88 valence electrons. The van der Waals surface area contributed by atoms with Crippen LogP contribution in [-0.2, 0) is 5.54 Å². The number of nitrogen functional groups attached to an aromatic ring is 1. The number of nitrogens with zero attached hydrogens (tertiary/aromatic N) is 4. The van der Waals surface area contributed by atoms with Crippen LogP contribution in [0.2, 0.25) is 0 Å². The van der Waals surface area contributed by atoms with Crippen molar-refractivity contribution < 1.29 is 0 Å². The fraction of sp³-hybridized carbons (Fsp3) is 0.364. The Morgan fingerprint density at radius 2 is 2.24 bits per heavy atom. The van der Waals surface area contributed by atoms with Crippen LogP contribution in [0.5, 0.6) is 0 Å². The zero-order valence-electron chi connectivity index (χ0n) is 9.54. The lowest BCUT2D eigenvalue weighted by molar-refractivity contribution is 0.396. The molecule has 0 saturated heterocycles. The first-order valence-electron chi connectivity index (χ1n) is 5.49. The Bertz CT molecular complexity index is 601. The van der Waals surface area contributed by atoms with Crippen LogP contribution in [0.1, 0.15) is 13.3 Å². The summed E-state index contributed by atoms with van der Waals surface area (Å²) < 4.78 is 2.00. The first-order valence-corrected chi connectivity index (χ1v) is 5.49. The van der Waals surface area contributed by atoms with Crippen molar-refractivity contribution in [3.63, 3.8) is 0 Å². The van der Waals surface area contributed by atoms with Crippen LogP contribution in [0.15, 0.2) is 24.8 Å². The molecule has 2 atom stereocenters. The van der Waals surface area contributed by atoms with Crippen molar-refractivity contribution in [2.75, 3.05) is 5.73 Å². The number of hydrogen-bond acceptors (Lipinski definition) is 5. The summed E-state index contributed by atoms with van der Waals surface area (Å²) in [6.45, 7) is 2.11. The molecule has 1 aliphatic rings. The van der Waals surface area contributed by atoms with Crippen molar-refractivity contribution in [1.29, 1.82) is 0 Å². The molecule has 0 aliphatic heterocycles. The van der Waals surface area contributed by atoms with Crippen molar-refractivity contribution in [1.82, 2.24) is 19.5 Å². The maximum absolute atomic E-state index is 5.91. The maximum Gasteiger partial charge on any atom is 0.166 e. The summed E-state index contributed by atoms with van der Waals surface area (Å²) in [4.78, 5) is 12.5. The topological polar surface area (TPSA) is 95.6 Å². The zero-order valence-corrected chi connectivity index (χ0v) is 9.54. The molecule has 2 aromatic rings. The third-order valence-electron chi connectivity index (χ3n) is 3.26. The molecule has 0 fully saturated rings. The van der Waals surface area contributed by atoms with Crippen LogP contribution in [0.4, 0.5) is 5.82 Å². The normalized spacial score (nSPS) is 28.0. The molecule has 2 heterocycles. The number of allylic oxidation sites excluding steroid dienone is 1. The molecule has 0 spiro atoms. The first-order chi connectivity index (χ1) is 8.10. The van der Waals surface area contributed by atoms with E-state index in [9.17, 15) is 0 Å². The van der Waals surface area contributed by atoms with E-state index in [1.807, 2.05) is 10.6 Å². The van der Waals surface area contributed by atoms with Crippen molar-refractivity contribution in [2.45, 2.75) is 24.9 Å². The summed E-state index contributed by atoms with van der Waals surface area (Å²) in [6.07, 6.45) is 8.14. The van der Waals surface area contributed by atoms with Crippen molar-refractivity contribution in [2.24, 2.45) is 5.73 Å². The molecule has 0 radical (unpaired) electrons. The molecule has 0 saturated carbocycles. The van der Waals surface area contributed by atoms with E-state index in [0.717, 1.165) is 12.1 Å². The van der Waals surface area contributed by atoms with E-state index in [4.69, 9.17) is 11.5 Å². The highest BCUT2D eigenvalue weighted by Crippen LogP contribution is 2.32. The van der Waals surface area contributed by atoms with Crippen LogP contribution in [0.3, 0.4) is 0 Å². The monoisotopic (exact) mass is 230 g/mol. The van der Waals surface area contributed by atoms with Crippen LogP contribution in [-0.4, -0.2) is 25.6 Å². The number of fused-ring (bicyclic) bond motifs is 1. The van der Waals surface area contributed by atoms with E-state index in [0.29, 0.717) is 11.3 Å². The Hall–Kier alpha value is -1.95. The van der Waals surface area contributed by atoms with E-state index < -0.39 is 0 Å². The fourth-order valence-corrected chi connectivity index (χ4v) is 2.35. The van der Waals surface area contributed by atoms with Gasteiger partial charge in [-0.25, -0.2) is 15.0 Å². The summed E-state index contributed by atoms with van der Waals surface area (Å²) in [5.41, 5.74) is 12.9. The molecule has 3 rings (SSSR count). The Kier molecular flexibility index (Phi) is 1.97. The van der Waals surface area contributed by atoms with Gasteiger partial charge in [0.2, 0.25) is 0 Å². The lowest BCUT2D eigenvalue weighted by atomic mass is 10.0. The van der Waals surface area contributed by atoms with Crippen molar-refractivity contribution in [3.8, 4) is 0 Å². The highest BCUT2D eigenvalue weighted by Gasteiger charge is 2.31. The van der Waals surface area contributed by atoms with Gasteiger partial charge in [-0.05, 0) is 13.3 Å². The van der Waals surface area contributed by atoms with Crippen LogP contribution < -0.4 is 11.5 Å². The standard InChI is InChI=1S/C11H14N6/c1-11(3-2-7(12)4-11)17-6-16-8-9(13)14-5-15-10(8)17/h2-3,5-7H,4,12H2,1H3,(H2,13,14,15)/t7-,11?/m0/s1. The molecular formula is C11H14N6. The van der Waals surface area contributed by atoms with Gasteiger partial charge in [-0.3, -0.25) is 0 Å². The Balaban J connectivity index is 2.19. The molecule has 1 aliphatic carbocycles. The summed E-state index contributed by atoms with van der Waals surface area (Å²) in [6, 6.07) is 0.0802. The van der Waals surface area contributed by atoms with Gasteiger partial charge in [-0.2, -0.15) is 0 Å². The summed E-state index contributed by atoms with van der Waals surface area (Å²) in [5.74, 6) is 0.406. The van der Waals surface area contributed by atoms with Crippen molar-refractivity contribution in [3.05, 3.63) is 24.8 Å². The van der Waals surface area contributed by atoms with Gasteiger partial charge in [0.25, 0.3) is 0 Å². The second-order valence-electron chi connectivity index (χ2n) is 4.63. The fourth-order valence-electron chi connectivity index (χ4n) is 2.35. The molecule has 0 amide bonds. The predicted octanol–water partition coefficient (Wildman–Crippen LogP) is 0.411. The Morgan fingerprint density at radius 3 is 2.94 bits per heavy atom. The van der Waals surface area contributed by atoms with E-state index in [2.05, 4.69) is 28.0 Å². The van der Waals surface area contributed by atoms with Crippen molar-refractivity contribution >= 4 is 17.0 Å². The second kappa shape index (κ2) is 3.27. The first kappa shape index (κ1) is 10.2. The minimum absolute atomic E-state index is 0.0802. The third-order valence-corrected chi connectivity index (χ3v) is 3.26. The molecule has 2 aromatic heterocycles. The predicted molar refractivity (Wildman–Crippen MR) is 65.1 cm³/mol. The highest BCUT2D eigenvalue weighted by atomic mass is 15.2. The number of aromatic nitrogens is 4. The van der Waals surface area contributed by atoms with E-state index in [-0.39, 0.29) is 11.6 Å². The van der Waals surface area contributed by atoms with Gasteiger partial charge in [0.15, 0.2) is 11.5 Å². The van der Waals surface area contributed by atoms with Crippen LogP contribution >= 0.6 is 0 Å². The maximum atomic E-state index is 5.91.